The van der Waals surface area contributed by atoms with Crippen molar-refractivity contribution in [1.29, 1.82) is 0 Å². The molecule has 0 unspecified atom stereocenters. The highest BCUT2D eigenvalue weighted by molar-refractivity contribution is 7.09. The number of hydrogen-bond acceptors (Lipinski definition) is 4. The maximum atomic E-state index is 12.6. The quantitative estimate of drug-likeness (QED) is 0.622. The molecule has 1 N–H and O–H groups in total. The van der Waals surface area contributed by atoms with Crippen LogP contribution < -0.4 is 5.32 Å². The third-order valence-electron chi connectivity index (χ3n) is 3.69. The van der Waals surface area contributed by atoms with E-state index in [1.54, 1.807) is 23.7 Å². The van der Waals surface area contributed by atoms with Crippen LogP contribution in [-0.2, 0) is 6.54 Å². The maximum absolute atomic E-state index is 12.6. The Balaban J connectivity index is 1.72. The minimum absolute atomic E-state index is 0.195. The van der Waals surface area contributed by atoms with Crippen LogP contribution in [0.3, 0.4) is 0 Å². The van der Waals surface area contributed by atoms with E-state index in [2.05, 4.69) is 15.3 Å². The number of pyridine rings is 2. The summed E-state index contributed by atoms with van der Waals surface area (Å²) in [6.45, 7) is 0.500. The van der Waals surface area contributed by atoms with Gasteiger partial charge in [-0.2, -0.15) is 0 Å². The summed E-state index contributed by atoms with van der Waals surface area (Å²) in [6, 6.07) is 13.5. The van der Waals surface area contributed by atoms with E-state index in [0.717, 1.165) is 21.7 Å². The Kier molecular flexibility index (Phi) is 3.80. The number of carbonyl (C=O) groups is 1. The molecule has 0 aliphatic carbocycles. The van der Waals surface area contributed by atoms with Crippen molar-refractivity contribution in [2.45, 2.75) is 6.54 Å². The Morgan fingerprint density at radius 3 is 2.92 bits per heavy atom. The SMILES string of the molecule is O=C(NCc1cccs1)c1nc(-c2cccnc2)c2ccccn12. The highest BCUT2D eigenvalue weighted by Crippen LogP contribution is 2.24. The van der Waals surface area contributed by atoms with E-state index in [-0.39, 0.29) is 5.91 Å². The summed E-state index contributed by atoms with van der Waals surface area (Å²) in [5.41, 5.74) is 2.52. The van der Waals surface area contributed by atoms with E-state index in [0.29, 0.717) is 12.4 Å². The second kappa shape index (κ2) is 6.25. The number of imidazole rings is 1. The molecule has 118 valence electrons. The van der Waals surface area contributed by atoms with Gasteiger partial charge in [0.1, 0.15) is 0 Å². The Morgan fingerprint density at radius 1 is 1.17 bits per heavy atom. The molecule has 1 amide bonds. The van der Waals surface area contributed by atoms with Crippen molar-refractivity contribution in [3.63, 3.8) is 0 Å². The van der Waals surface area contributed by atoms with Crippen LogP contribution in [0.4, 0.5) is 0 Å². The van der Waals surface area contributed by atoms with E-state index in [4.69, 9.17) is 0 Å². The molecule has 0 bridgehead atoms. The molecule has 0 fully saturated rings. The molecule has 4 aromatic rings. The molecule has 4 aromatic heterocycles. The zero-order chi connectivity index (χ0) is 16.4. The van der Waals surface area contributed by atoms with E-state index >= 15 is 0 Å². The predicted octanol–water partition coefficient (Wildman–Crippen LogP) is 3.39. The molecule has 4 rings (SSSR count). The third kappa shape index (κ3) is 2.68. The van der Waals surface area contributed by atoms with Gasteiger partial charge in [0, 0.05) is 29.0 Å². The van der Waals surface area contributed by atoms with Crippen LogP contribution in [0.2, 0.25) is 0 Å². The summed E-state index contributed by atoms with van der Waals surface area (Å²) >= 11 is 1.62. The molecule has 0 saturated heterocycles. The zero-order valence-electron chi connectivity index (χ0n) is 12.7. The molecular weight excluding hydrogens is 320 g/mol. The number of nitrogens with one attached hydrogen (secondary N) is 1. The molecule has 0 radical (unpaired) electrons. The molecule has 0 aliphatic heterocycles. The first kappa shape index (κ1) is 14.6. The summed E-state index contributed by atoms with van der Waals surface area (Å²) < 4.78 is 1.81. The van der Waals surface area contributed by atoms with Gasteiger partial charge >= 0.3 is 0 Å². The van der Waals surface area contributed by atoms with Crippen molar-refractivity contribution < 1.29 is 4.79 Å². The van der Waals surface area contributed by atoms with Crippen molar-refractivity contribution >= 4 is 22.8 Å². The van der Waals surface area contributed by atoms with Gasteiger partial charge in [-0.1, -0.05) is 12.1 Å². The molecule has 0 atom stereocenters. The van der Waals surface area contributed by atoms with Gasteiger partial charge in [0.05, 0.1) is 17.8 Å². The standard InChI is InChI=1S/C18H14N4OS/c23-18(20-12-14-6-4-10-24-14)17-21-16(13-5-3-8-19-11-13)15-7-1-2-9-22(15)17/h1-11H,12H2,(H,20,23). The van der Waals surface area contributed by atoms with E-state index in [9.17, 15) is 4.79 Å². The van der Waals surface area contributed by atoms with Gasteiger partial charge in [-0.15, -0.1) is 11.3 Å². The van der Waals surface area contributed by atoms with Crippen LogP contribution in [0.15, 0.2) is 66.4 Å². The fraction of sp³-hybridized carbons (Fsp3) is 0.0556. The van der Waals surface area contributed by atoms with E-state index < -0.39 is 0 Å². The molecule has 0 aliphatic rings. The Hall–Kier alpha value is -2.99. The molecule has 0 aromatic carbocycles. The topological polar surface area (TPSA) is 59.3 Å². The van der Waals surface area contributed by atoms with Crippen molar-refractivity contribution in [2.24, 2.45) is 0 Å². The van der Waals surface area contributed by atoms with Crippen LogP contribution in [0, 0.1) is 0 Å². The fourth-order valence-corrected chi connectivity index (χ4v) is 3.22. The summed E-state index contributed by atoms with van der Waals surface area (Å²) in [7, 11) is 0. The Bertz CT molecular complexity index is 977. The van der Waals surface area contributed by atoms with Crippen LogP contribution >= 0.6 is 11.3 Å². The van der Waals surface area contributed by atoms with Gasteiger partial charge in [-0.25, -0.2) is 4.98 Å². The minimum atomic E-state index is -0.195. The second-order valence-electron chi connectivity index (χ2n) is 5.24. The first-order valence-electron chi connectivity index (χ1n) is 7.51. The molecule has 6 heteroatoms. The minimum Gasteiger partial charge on any atom is -0.344 e. The van der Waals surface area contributed by atoms with Gasteiger partial charge < -0.3 is 5.32 Å². The van der Waals surface area contributed by atoms with Crippen molar-refractivity contribution in [3.8, 4) is 11.3 Å². The Labute approximate surface area is 142 Å². The molecule has 0 spiro atoms. The molecule has 4 heterocycles. The number of fused-ring (bicyclic) bond motifs is 1. The molecule has 24 heavy (non-hydrogen) atoms. The average Bonchev–Trinajstić information content (AvgIpc) is 3.28. The van der Waals surface area contributed by atoms with Gasteiger partial charge in [-0.3, -0.25) is 14.2 Å². The number of aromatic nitrogens is 3. The molecular formula is C18H14N4OS. The predicted molar refractivity (Wildman–Crippen MR) is 93.9 cm³/mol. The lowest BCUT2D eigenvalue weighted by Gasteiger charge is -2.02. The smallest absolute Gasteiger partial charge is 0.287 e. The lowest BCUT2D eigenvalue weighted by molar-refractivity contribution is 0.0940. The first-order valence-corrected chi connectivity index (χ1v) is 8.39. The maximum Gasteiger partial charge on any atom is 0.287 e. The average molecular weight is 334 g/mol. The van der Waals surface area contributed by atoms with E-state index in [1.165, 1.54) is 0 Å². The third-order valence-corrected chi connectivity index (χ3v) is 4.57. The van der Waals surface area contributed by atoms with Crippen molar-refractivity contribution in [3.05, 3.63) is 77.1 Å². The number of amides is 1. The van der Waals surface area contributed by atoms with Crippen LogP contribution in [0.1, 0.15) is 15.5 Å². The van der Waals surface area contributed by atoms with E-state index in [1.807, 2.05) is 58.4 Å². The summed E-state index contributed by atoms with van der Waals surface area (Å²) in [5, 5.41) is 4.92. The van der Waals surface area contributed by atoms with Gasteiger partial charge in [-0.05, 0) is 35.7 Å². The van der Waals surface area contributed by atoms with Crippen LogP contribution in [0.25, 0.3) is 16.8 Å². The number of thiophene rings is 1. The van der Waals surface area contributed by atoms with Gasteiger partial charge in [0.2, 0.25) is 5.82 Å². The molecule has 0 saturated carbocycles. The highest BCUT2D eigenvalue weighted by atomic mass is 32.1. The number of hydrogen-bond donors (Lipinski definition) is 1. The first-order chi connectivity index (χ1) is 11.8. The monoisotopic (exact) mass is 334 g/mol. The number of nitrogens with zero attached hydrogens (tertiary/aromatic N) is 3. The number of rotatable bonds is 4. The summed E-state index contributed by atoms with van der Waals surface area (Å²) in [4.78, 5) is 22.4. The number of carbonyl (C=O) groups excluding carboxylic acids is 1. The van der Waals surface area contributed by atoms with Gasteiger partial charge in [0.25, 0.3) is 5.91 Å². The van der Waals surface area contributed by atoms with Crippen LogP contribution in [0.5, 0.6) is 0 Å². The van der Waals surface area contributed by atoms with Crippen LogP contribution in [-0.4, -0.2) is 20.3 Å². The fourth-order valence-electron chi connectivity index (χ4n) is 2.57. The lowest BCUT2D eigenvalue weighted by atomic mass is 10.2. The normalized spacial score (nSPS) is 10.8. The summed E-state index contributed by atoms with van der Waals surface area (Å²) in [6.07, 6.45) is 5.32. The summed E-state index contributed by atoms with van der Waals surface area (Å²) in [5.74, 6) is 0.181. The Morgan fingerprint density at radius 2 is 2.12 bits per heavy atom. The zero-order valence-corrected chi connectivity index (χ0v) is 13.5. The highest BCUT2D eigenvalue weighted by Gasteiger charge is 2.18. The van der Waals surface area contributed by atoms with Gasteiger partial charge in [0.15, 0.2) is 0 Å². The van der Waals surface area contributed by atoms with Crippen molar-refractivity contribution in [1.82, 2.24) is 19.7 Å². The second-order valence-corrected chi connectivity index (χ2v) is 6.28. The lowest BCUT2D eigenvalue weighted by Crippen LogP contribution is -2.24. The largest absolute Gasteiger partial charge is 0.344 e. The van der Waals surface area contributed by atoms with Crippen molar-refractivity contribution in [2.75, 3.05) is 0 Å². The molecule has 5 nitrogen and oxygen atoms in total.